The molecule has 0 atom stereocenters. The summed E-state index contributed by atoms with van der Waals surface area (Å²) >= 11 is 12.9. The van der Waals surface area contributed by atoms with Gasteiger partial charge < -0.3 is 4.90 Å². The van der Waals surface area contributed by atoms with Gasteiger partial charge in [-0.1, -0.05) is 23.2 Å². The third-order valence-electron chi connectivity index (χ3n) is 3.95. The van der Waals surface area contributed by atoms with Crippen LogP contribution in [0.5, 0.6) is 0 Å². The van der Waals surface area contributed by atoms with E-state index in [4.69, 9.17) is 23.2 Å². The molecule has 1 aliphatic rings. The number of aromatic nitrogens is 1. The maximum absolute atomic E-state index is 12.7. The fourth-order valence-electron chi connectivity index (χ4n) is 2.60. The predicted octanol–water partition coefficient (Wildman–Crippen LogP) is 2.91. The van der Waals surface area contributed by atoms with Crippen LogP contribution in [0.25, 0.3) is 0 Å². The van der Waals surface area contributed by atoms with Crippen molar-refractivity contribution in [1.82, 2.24) is 14.2 Å². The van der Waals surface area contributed by atoms with E-state index in [1.54, 1.807) is 24.0 Å². The molecule has 1 aliphatic heterocycles. The van der Waals surface area contributed by atoms with Crippen molar-refractivity contribution in [1.29, 1.82) is 0 Å². The quantitative estimate of drug-likeness (QED) is 0.766. The van der Waals surface area contributed by atoms with Gasteiger partial charge in [0, 0.05) is 36.1 Å². The number of piperazine rings is 1. The van der Waals surface area contributed by atoms with Crippen LogP contribution in [0.1, 0.15) is 15.4 Å². The Morgan fingerprint density at radius 1 is 1.12 bits per heavy atom. The minimum Gasteiger partial charge on any atom is -0.335 e. The Kier molecular flexibility index (Phi) is 5.36. The first kappa shape index (κ1) is 18.6. The largest absolute Gasteiger partial charge is 0.335 e. The van der Waals surface area contributed by atoms with Crippen molar-refractivity contribution in [3.05, 3.63) is 44.3 Å². The lowest BCUT2D eigenvalue weighted by molar-refractivity contribution is 0.0692. The molecule has 0 N–H and O–H groups in total. The first-order valence-electron chi connectivity index (χ1n) is 7.47. The fraction of sp³-hybridized carbons (Fsp3) is 0.333. The van der Waals surface area contributed by atoms with Gasteiger partial charge in [-0.2, -0.15) is 4.31 Å². The van der Waals surface area contributed by atoms with Crippen LogP contribution >= 0.6 is 34.5 Å². The summed E-state index contributed by atoms with van der Waals surface area (Å²) in [5, 5.41) is 0.478. The van der Waals surface area contributed by atoms with Crippen LogP contribution in [-0.4, -0.2) is 54.7 Å². The number of aryl methyl sites for hydroxylation is 1. The molecule has 1 fully saturated rings. The summed E-state index contributed by atoms with van der Waals surface area (Å²) in [6.45, 7) is 2.86. The highest BCUT2D eigenvalue weighted by atomic mass is 35.5. The smallest absolute Gasteiger partial charge is 0.273 e. The van der Waals surface area contributed by atoms with E-state index in [9.17, 15) is 13.2 Å². The lowest BCUT2D eigenvalue weighted by Gasteiger charge is -2.33. The van der Waals surface area contributed by atoms with Gasteiger partial charge in [-0.15, -0.1) is 11.3 Å². The minimum absolute atomic E-state index is 0.193. The highest BCUT2D eigenvalue weighted by Crippen LogP contribution is 2.24. The number of carbonyl (C=O) groups excluding carboxylic acids is 1. The molecule has 0 aliphatic carbocycles. The first-order chi connectivity index (χ1) is 11.8. The molecule has 10 heteroatoms. The Bertz CT molecular complexity index is 889. The summed E-state index contributed by atoms with van der Waals surface area (Å²) in [6, 6.07) is 6.05. The zero-order valence-corrected chi connectivity index (χ0v) is 16.4. The van der Waals surface area contributed by atoms with Crippen molar-refractivity contribution >= 4 is 50.5 Å². The van der Waals surface area contributed by atoms with Crippen LogP contribution in [0.2, 0.25) is 9.49 Å². The van der Waals surface area contributed by atoms with Gasteiger partial charge >= 0.3 is 0 Å². The molecule has 2 heterocycles. The number of amides is 1. The Morgan fingerprint density at radius 3 is 2.24 bits per heavy atom. The van der Waals surface area contributed by atoms with Crippen LogP contribution in [0.4, 0.5) is 0 Å². The molecule has 0 bridgehead atoms. The molecule has 0 spiro atoms. The van der Waals surface area contributed by atoms with E-state index >= 15 is 0 Å². The number of thiazole rings is 1. The lowest BCUT2D eigenvalue weighted by atomic mass is 10.3. The molecule has 134 valence electrons. The molecular weight excluding hydrogens is 405 g/mol. The molecule has 3 rings (SSSR count). The second kappa shape index (κ2) is 7.20. The Labute approximate surface area is 160 Å². The third kappa shape index (κ3) is 3.83. The third-order valence-corrected chi connectivity index (χ3v) is 7.19. The van der Waals surface area contributed by atoms with Gasteiger partial charge in [0.05, 0.1) is 4.90 Å². The Morgan fingerprint density at radius 2 is 1.72 bits per heavy atom. The molecular formula is C15H15Cl2N3O3S2. The Balaban J connectivity index is 1.70. The van der Waals surface area contributed by atoms with Gasteiger partial charge in [-0.25, -0.2) is 13.4 Å². The number of benzene rings is 1. The summed E-state index contributed by atoms with van der Waals surface area (Å²) in [5.74, 6) is -0.218. The van der Waals surface area contributed by atoms with Gasteiger partial charge in [-0.3, -0.25) is 4.79 Å². The molecule has 6 nitrogen and oxygen atoms in total. The van der Waals surface area contributed by atoms with Crippen LogP contribution in [-0.2, 0) is 10.0 Å². The van der Waals surface area contributed by atoms with Crippen molar-refractivity contribution in [2.75, 3.05) is 26.2 Å². The molecule has 0 saturated carbocycles. The van der Waals surface area contributed by atoms with E-state index in [1.807, 2.05) is 0 Å². The second-order valence-electron chi connectivity index (χ2n) is 5.52. The number of hydrogen-bond donors (Lipinski definition) is 0. The average Bonchev–Trinajstić information content (AvgIpc) is 2.93. The van der Waals surface area contributed by atoms with E-state index in [1.165, 1.54) is 27.8 Å². The van der Waals surface area contributed by atoms with Gasteiger partial charge in [0.1, 0.15) is 5.69 Å². The summed E-state index contributed by atoms with van der Waals surface area (Å²) in [7, 11) is -3.59. The number of sulfonamides is 1. The van der Waals surface area contributed by atoms with Gasteiger partial charge in [0.2, 0.25) is 10.0 Å². The molecule has 1 amide bonds. The number of carbonyl (C=O) groups is 1. The normalized spacial score (nSPS) is 16.2. The van der Waals surface area contributed by atoms with Crippen molar-refractivity contribution in [2.45, 2.75) is 11.8 Å². The van der Waals surface area contributed by atoms with Gasteiger partial charge in [0.25, 0.3) is 5.91 Å². The molecule has 0 radical (unpaired) electrons. The lowest BCUT2D eigenvalue weighted by Crippen LogP contribution is -2.50. The van der Waals surface area contributed by atoms with Crippen molar-refractivity contribution in [2.24, 2.45) is 0 Å². The van der Waals surface area contributed by atoms with E-state index < -0.39 is 10.0 Å². The molecule has 0 unspecified atom stereocenters. The zero-order chi connectivity index (χ0) is 18.2. The minimum atomic E-state index is -3.59. The van der Waals surface area contributed by atoms with E-state index in [0.717, 1.165) is 4.88 Å². The van der Waals surface area contributed by atoms with E-state index in [2.05, 4.69) is 4.98 Å². The van der Waals surface area contributed by atoms with Crippen LogP contribution in [0, 0.1) is 6.92 Å². The average molecular weight is 420 g/mol. The highest BCUT2D eigenvalue weighted by molar-refractivity contribution is 7.89. The SMILES string of the molecule is Cc1sc(Cl)nc1C(=O)N1CCN(S(=O)(=O)c2ccc(Cl)cc2)CC1. The monoisotopic (exact) mass is 419 g/mol. The van der Waals surface area contributed by atoms with E-state index in [-0.39, 0.29) is 23.9 Å². The van der Waals surface area contributed by atoms with Crippen molar-refractivity contribution < 1.29 is 13.2 Å². The molecule has 1 saturated heterocycles. The number of rotatable bonds is 3. The van der Waals surface area contributed by atoms with Crippen LogP contribution in [0.3, 0.4) is 0 Å². The Hall–Kier alpha value is -1.19. The standard InChI is InChI=1S/C15H15Cl2N3O3S2/c1-10-13(18-15(17)24-10)14(21)19-6-8-20(9-7-19)25(22,23)12-4-2-11(16)3-5-12/h2-5H,6-9H2,1H3. The number of nitrogens with zero attached hydrogens (tertiary/aromatic N) is 3. The maximum atomic E-state index is 12.7. The van der Waals surface area contributed by atoms with Crippen LogP contribution < -0.4 is 0 Å². The van der Waals surface area contributed by atoms with Crippen molar-refractivity contribution in [3.8, 4) is 0 Å². The molecule has 1 aromatic heterocycles. The zero-order valence-electron chi connectivity index (χ0n) is 13.3. The first-order valence-corrected chi connectivity index (χ1v) is 10.5. The number of halogens is 2. The van der Waals surface area contributed by atoms with Gasteiger partial charge in [-0.05, 0) is 31.2 Å². The van der Waals surface area contributed by atoms with Crippen molar-refractivity contribution in [3.63, 3.8) is 0 Å². The maximum Gasteiger partial charge on any atom is 0.273 e. The summed E-state index contributed by atoms with van der Waals surface area (Å²) in [4.78, 5) is 19.1. The topological polar surface area (TPSA) is 70.6 Å². The van der Waals surface area contributed by atoms with Crippen LogP contribution in [0.15, 0.2) is 29.2 Å². The second-order valence-corrected chi connectivity index (χ2v) is 9.68. The van der Waals surface area contributed by atoms with Gasteiger partial charge in [0.15, 0.2) is 4.47 Å². The summed E-state index contributed by atoms with van der Waals surface area (Å²) in [5.41, 5.74) is 0.337. The fourth-order valence-corrected chi connectivity index (χ4v) is 5.20. The molecule has 2 aromatic rings. The molecule has 1 aromatic carbocycles. The highest BCUT2D eigenvalue weighted by Gasteiger charge is 2.31. The summed E-state index contributed by atoms with van der Waals surface area (Å²) < 4.78 is 27.0. The predicted molar refractivity (Wildman–Crippen MR) is 98.0 cm³/mol. The summed E-state index contributed by atoms with van der Waals surface area (Å²) in [6.07, 6.45) is 0. The molecule has 25 heavy (non-hydrogen) atoms. The van der Waals surface area contributed by atoms with E-state index in [0.29, 0.717) is 28.3 Å². The number of hydrogen-bond acceptors (Lipinski definition) is 5.